The number of carbonyl (C=O) groups excluding carboxylic acids is 1. The van der Waals surface area contributed by atoms with Crippen molar-refractivity contribution in [3.63, 3.8) is 0 Å². The van der Waals surface area contributed by atoms with Crippen LogP contribution in [-0.4, -0.2) is 41.6 Å². The summed E-state index contributed by atoms with van der Waals surface area (Å²) >= 11 is 0. The first-order chi connectivity index (χ1) is 12.1. The third-order valence-corrected chi connectivity index (χ3v) is 4.08. The van der Waals surface area contributed by atoms with E-state index in [-0.39, 0.29) is 12.1 Å². The van der Waals surface area contributed by atoms with Gasteiger partial charge in [-0.15, -0.1) is 0 Å². The highest BCUT2D eigenvalue weighted by Gasteiger charge is 2.16. The third-order valence-electron chi connectivity index (χ3n) is 4.08. The molecule has 7 nitrogen and oxygen atoms in total. The van der Waals surface area contributed by atoms with Gasteiger partial charge in [0.25, 0.3) is 0 Å². The zero-order valence-corrected chi connectivity index (χ0v) is 14.7. The molecule has 2 aromatic rings. The van der Waals surface area contributed by atoms with Crippen molar-refractivity contribution in [1.82, 2.24) is 9.78 Å². The van der Waals surface area contributed by atoms with Crippen molar-refractivity contribution in [3.8, 4) is 0 Å². The Labute approximate surface area is 148 Å². The van der Waals surface area contributed by atoms with E-state index in [0.717, 1.165) is 44.0 Å². The first-order valence-corrected chi connectivity index (χ1v) is 8.71. The number of hydrogen-bond acceptors (Lipinski definition) is 4. The summed E-state index contributed by atoms with van der Waals surface area (Å²) in [5.74, 6) is 0. The second-order valence-electron chi connectivity index (χ2n) is 6.25. The van der Waals surface area contributed by atoms with Crippen molar-refractivity contribution in [2.75, 3.05) is 35.2 Å². The topological polar surface area (TPSA) is 71.4 Å². The average molecular weight is 343 g/mol. The molecule has 7 heteroatoms. The zero-order valence-electron chi connectivity index (χ0n) is 14.7. The predicted molar refractivity (Wildman–Crippen MR) is 99.2 cm³/mol. The fourth-order valence-electron chi connectivity index (χ4n) is 2.88. The van der Waals surface area contributed by atoms with Gasteiger partial charge in [-0.05, 0) is 37.6 Å². The van der Waals surface area contributed by atoms with Crippen LogP contribution in [0.2, 0.25) is 0 Å². The summed E-state index contributed by atoms with van der Waals surface area (Å²) in [6, 6.07) is 7.59. The van der Waals surface area contributed by atoms with Crippen LogP contribution in [0.4, 0.5) is 21.9 Å². The molecule has 1 aliphatic heterocycles. The number of ether oxygens (including phenoxy) is 1. The van der Waals surface area contributed by atoms with Crippen molar-refractivity contribution in [3.05, 3.63) is 36.7 Å². The van der Waals surface area contributed by atoms with Gasteiger partial charge in [0.15, 0.2) is 0 Å². The molecule has 1 aliphatic rings. The standard InChI is InChI=1S/C18H25N5O2/c1-3-8-23-13-16(11-19-23)21-18(24)20-15-4-6-17(7-5-15)22-9-10-25-14(2)12-22/h4-7,11,13-14H,3,8-10,12H2,1-2H3,(H2,20,21,24). The summed E-state index contributed by atoms with van der Waals surface area (Å²) in [7, 11) is 0. The van der Waals surface area contributed by atoms with Crippen LogP contribution in [0.3, 0.4) is 0 Å². The van der Waals surface area contributed by atoms with Gasteiger partial charge in [0, 0.05) is 37.2 Å². The number of carbonyl (C=O) groups is 1. The van der Waals surface area contributed by atoms with Gasteiger partial charge in [0.05, 0.1) is 24.6 Å². The number of aryl methyl sites for hydroxylation is 1. The number of rotatable bonds is 5. The van der Waals surface area contributed by atoms with E-state index in [1.54, 1.807) is 6.20 Å². The molecule has 3 rings (SSSR count). The minimum Gasteiger partial charge on any atom is -0.375 e. The first-order valence-electron chi connectivity index (χ1n) is 8.71. The van der Waals surface area contributed by atoms with E-state index in [0.29, 0.717) is 5.69 Å². The summed E-state index contributed by atoms with van der Waals surface area (Å²) in [5.41, 5.74) is 2.58. The summed E-state index contributed by atoms with van der Waals surface area (Å²) < 4.78 is 7.38. The summed E-state index contributed by atoms with van der Waals surface area (Å²) in [4.78, 5) is 14.4. The summed E-state index contributed by atoms with van der Waals surface area (Å²) in [6.07, 6.45) is 4.72. The van der Waals surface area contributed by atoms with Crippen LogP contribution in [0.1, 0.15) is 20.3 Å². The Bertz CT molecular complexity index is 698. The summed E-state index contributed by atoms with van der Waals surface area (Å²) in [6.45, 7) is 7.52. The molecule has 1 fully saturated rings. The Morgan fingerprint density at radius 3 is 2.76 bits per heavy atom. The number of nitrogens with one attached hydrogen (secondary N) is 2. The molecule has 25 heavy (non-hydrogen) atoms. The Morgan fingerprint density at radius 1 is 1.28 bits per heavy atom. The van der Waals surface area contributed by atoms with Gasteiger partial charge in [0.1, 0.15) is 0 Å². The molecule has 2 amide bonds. The molecule has 1 aromatic heterocycles. The highest BCUT2D eigenvalue weighted by molar-refractivity contribution is 5.99. The van der Waals surface area contributed by atoms with Crippen molar-refractivity contribution in [1.29, 1.82) is 0 Å². The molecule has 0 radical (unpaired) electrons. The van der Waals surface area contributed by atoms with Gasteiger partial charge in [-0.1, -0.05) is 6.92 Å². The molecule has 1 aromatic carbocycles. The lowest BCUT2D eigenvalue weighted by molar-refractivity contribution is 0.0532. The molecule has 0 aliphatic carbocycles. The lowest BCUT2D eigenvalue weighted by atomic mass is 10.2. The molecule has 1 atom stereocenters. The number of amides is 2. The smallest absolute Gasteiger partial charge is 0.323 e. The van der Waals surface area contributed by atoms with Crippen LogP contribution in [0.5, 0.6) is 0 Å². The number of morpholine rings is 1. The maximum atomic E-state index is 12.1. The van der Waals surface area contributed by atoms with Crippen LogP contribution in [0, 0.1) is 0 Å². The number of hydrogen-bond donors (Lipinski definition) is 2. The highest BCUT2D eigenvalue weighted by Crippen LogP contribution is 2.20. The van der Waals surface area contributed by atoms with Gasteiger partial charge in [-0.3, -0.25) is 4.68 Å². The molecule has 2 heterocycles. The minimum absolute atomic E-state index is 0.242. The highest BCUT2D eigenvalue weighted by atomic mass is 16.5. The Hall–Kier alpha value is -2.54. The van der Waals surface area contributed by atoms with Crippen LogP contribution in [-0.2, 0) is 11.3 Å². The van der Waals surface area contributed by atoms with E-state index in [4.69, 9.17) is 4.74 Å². The first kappa shape index (κ1) is 17.3. The molecule has 0 spiro atoms. The molecule has 2 N–H and O–H groups in total. The van der Waals surface area contributed by atoms with Gasteiger partial charge in [-0.2, -0.15) is 5.10 Å². The van der Waals surface area contributed by atoms with Crippen LogP contribution in [0.15, 0.2) is 36.7 Å². The maximum Gasteiger partial charge on any atom is 0.323 e. The molecule has 0 saturated carbocycles. The summed E-state index contributed by atoms with van der Waals surface area (Å²) in [5, 5.41) is 9.83. The number of anilines is 3. The Balaban J connectivity index is 1.54. The van der Waals surface area contributed by atoms with Crippen LogP contribution in [0.25, 0.3) is 0 Å². The van der Waals surface area contributed by atoms with Gasteiger partial charge in [-0.25, -0.2) is 4.79 Å². The predicted octanol–water partition coefficient (Wildman–Crippen LogP) is 3.16. The van der Waals surface area contributed by atoms with Gasteiger partial charge in [0.2, 0.25) is 0 Å². The van der Waals surface area contributed by atoms with Gasteiger partial charge >= 0.3 is 6.03 Å². The molecule has 1 saturated heterocycles. The van der Waals surface area contributed by atoms with Gasteiger partial charge < -0.3 is 20.3 Å². The van der Waals surface area contributed by atoms with E-state index in [9.17, 15) is 4.79 Å². The third kappa shape index (κ3) is 4.73. The van der Waals surface area contributed by atoms with E-state index < -0.39 is 0 Å². The zero-order chi connectivity index (χ0) is 17.6. The molecule has 134 valence electrons. The van der Waals surface area contributed by atoms with Crippen LogP contribution >= 0.6 is 0 Å². The molecular weight excluding hydrogens is 318 g/mol. The lowest BCUT2D eigenvalue weighted by Crippen LogP contribution is -2.41. The maximum absolute atomic E-state index is 12.1. The van der Waals surface area contributed by atoms with E-state index >= 15 is 0 Å². The second-order valence-corrected chi connectivity index (χ2v) is 6.25. The molecule has 0 bridgehead atoms. The number of aromatic nitrogens is 2. The number of nitrogens with zero attached hydrogens (tertiary/aromatic N) is 3. The van der Waals surface area contributed by atoms with Crippen molar-refractivity contribution < 1.29 is 9.53 Å². The minimum atomic E-state index is -0.274. The van der Waals surface area contributed by atoms with Crippen molar-refractivity contribution in [2.45, 2.75) is 32.9 Å². The Morgan fingerprint density at radius 2 is 2.04 bits per heavy atom. The fourth-order valence-corrected chi connectivity index (χ4v) is 2.88. The average Bonchev–Trinajstić information content (AvgIpc) is 3.03. The lowest BCUT2D eigenvalue weighted by Gasteiger charge is -2.33. The van der Waals surface area contributed by atoms with Crippen molar-refractivity contribution in [2.24, 2.45) is 0 Å². The largest absolute Gasteiger partial charge is 0.375 e. The monoisotopic (exact) mass is 343 g/mol. The second kappa shape index (κ2) is 8.02. The van der Waals surface area contributed by atoms with E-state index in [2.05, 4.69) is 34.5 Å². The SMILES string of the molecule is CCCn1cc(NC(=O)Nc2ccc(N3CCOC(C)C3)cc2)cn1. The molecular formula is C18H25N5O2. The number of urea groups is 1. The quantitative estimate of drug-likeness (QED) is 0.875. The van der Waals surface area contributed by atoms with E-state index in [1.165, 1.54) is 0 Å². The Kier molecular flexibility index (Phi) is 5.55. The number of benzene rings is 1. The van der Waals surface area contributed by atoms with Crippen LogP contribution < -0.4 is 15.5 Å². The molecule has 1 unspecified atom stereocenters. The fraction of sp³-hybridized carbons (Fsp3) is 0.444. The normalized spacial score (nSPS) is 17.4. The van der Waals surface area contributed by atoms with Crippen molar-refractivity contribution >= 4 is 23.1 Å². The van der Waals surface area contributed by atoms with E-state index in [1.807, 2.05) is 35.1 Å².